The number of hydrogen-bond donors (Lipinski definition) is 4. The molecule has 0 radical (unpaired) electrons. The molecule has 0 fully saturated rings. The Morgan fingerprint density at radius 1 is 1.53 bits per heavy atom. The molecule has 0 aliphatic carbocycles. The van der Waals surface area contributed by atoms with Crippen LogP contribution in [0.2, 0.25) is 5.02 Å². The Kier molecular flexibility index (Phi) is 3.98. The van der Waals surface area contributed by atoms with E-state index in [1.165, 1.54) is 0 Å². The lowest BCUT2D eigenvalue weighted by Crippen LogP contribution is -2.28. The van der Waals surface area contributed by atoms with Crippen molar-refractivity contribution in [1.82, 2.24) is 20.5 Å². The summed E-state index contributed by atoms with van der Waals surface area (Å²) in [7, 11) is 0. The number of halogens is 1. The van der Waals surface area contributed by atoms with Gasteiger partial charge < -0.3 is 10.7 Å². The molecule has 0 saturated carbocycles. The third-order valence-corrected chi connectivity index (χ3v) is 2.88. The number of nitrogens with one attached hydrogen (secondary N) is 3. The second-order valence-corrected chi connectivity index (χ2v) is 4.31. The molecule has 7 nitrogen and oxygen atoms in total. The fourth-order valence-corrected chi connectivity index (χ4v) is 1.72. The second kappa shape index (κ2) is 5.68. The van der Waals surface area contributed by atoms with Gasteiger partial charge in [-0.05, 0) is 19.1 Å². The van der Waals surface area contributed by atoms with Crippen LogP contribution in [0.3, 0.4) is 0 Å². The molecule has 0 aliphatic heterocycles. The van der Waals surface area contributed by atoms with Crippen LogP contribution in [-0.4, -0.2) is 21.1 Å². The zero-order valence-corrected chi connectivity index (χ0v) is 10.9. The fraction of sp³-hybridized carbons (Fsp3) is 0.182. The summed E-state index contributed by atoms with van der Waals surface area (Å²) in [6.45, 7) is 1.84. The maximum absolute atomic E-state index is 12.1. The average molecular weight is 281 g/mol. The summed E-state index contributed by atoms with van der Waals surface area (Å²) in [6, 6.07) is 2.93. The number of carbonyl (C=O) groups excluding carboxylic acids is 1. The minimum Gasteiger partial charge on any atom is -0.344 e. The lowest BCUT2D eigenvalue weighted by atomic mass is 10.2. The van der Waals surface area contributed by atoms with Crippen LogP contribution in [-0.2, 0) is 0 Å². The molecule has 2 rings (SSSR count). The summed E-state index contributed by atoms with van der Waals surface area (Å²) in [5.74, 6) is 5.23. The number of rotatable bonds is 4. The molecule has 2 aromatic rings. The highest BCUT2D eigenvalue weighted by atomic mass is 35.5. The maximum atomic E-state index is 12.1. The first-order valence-corrected chi connectivity index (χ1v) is 5.92. The van der Waals surface area contributed by atoms with Crippen LogP contribution in [0.15, 0.2) is 24.5 Å². The molecule has 0 bridgehead atoms. The molecule has 8 heteroatoms. The number of anilines is 1. The maximum Gasteiger partial charge on any atom is 0.271 e. The molecule has 0 aromatic carbocycles. The number of nitrogen functional groups attached to an aromatic ring is 1. The molecule has 0 spiro atoms. The van der Waals surface area contributed by atoms with Gasteiger partial charge >= 0.3 is 0 Å². The minimum atomic E-state index is -0.379. The van der Waals surface area contributed by atoms with Crippen molar-refractivity contribution >= 4 is 23.3 Å². The van der Waals surface area contributed by atoms with Crippen molar-refractivity contribution < 1.29 is 4.79 Å². The minimum absolute atomic E-state index is 0.118. The molecule has 0 saturated heterocycles. The van der Waals surface area contributed by atoms with Crippen LogP contribution in [0, 0.1) is 0 Å². The standard InChI is InChI=1S/C11H13ClN6O/c1-6(7-4-14-15-5-7)16-11(19)10-8(12)2-3-9(17-10)18-13/h2-6H,13H2,1H3,(H,14,15)(H,16,19)(H,17,18). The van der Waals surface area contributed by atoms with Gasteiger partial charge in [0, 0.05) is 11.8 Å². The molecule has 0 aliphatic rings. The third-order valence-electron chi connectivity index (χ3n) is 2.58. The molecule has 2 heterocycles. The molecule has 5 N–H and O–H groups in total. The predicted octanol–water partition coefficient (Wildman–Crippen LogP) is 1.23. The summed E-state index contributed by atoms with van der Waals surface area (Å²) >= 11 is 5.95. The van der Waals surface area contributed by atoms with E-state index < -0.39 is 0 Å². The number of aromatic nitrogens is 3. The summed E-state index contributed by atoms with van der Waals surface area (Å²) in [5, 5.41) is 9.54. The Morgan fingerprint density at radius 3 is 2.95 bits per heavy atom. The van der Waals surface area contributed by atoms with Gasteiger partial charge in [0.05, 0.1) is 17.3 Å². The molecule has 2 aromatic heterocycles. The number of pyridine rings is 1. The van der Waals surface area contributed by atoms with Crippen molar-refractivity contribution in [2.24, 2.45) is 5.84 Å². The van der Waals surface area contributed by atoms with Crippen molar-refractivity contribution in [1.29, 1.82) is 0 Å². The zero-order chi connectivity index (χ0) is 13.8. The molecule has 100 valence electrons. The van der Waals surface area contributed by atoms with Gasteiger partial charge in [-0.1, -0.05) is 11.6 Å². The highest BCUT2D eigenvalue weighted by molar-refractivity contribution is 6.33. The Balaban J connectivity index is 2.16. The SMILES string of the molecule is CC(NC(=O)c1nc(NN)ccc1Cl)c1cn[nH]c1. The number of amides is 1. The van der Waals surface area contributed by atoms with Crippen molar-refractivity contribution in [2.75, 3.05) is 5.43 Å². The Hall–Kier alpha value is -2.12. The van der Waals surface area contributed by atoms with Crippen molar-refractivity contribution in [3.05, 3.63) is 40.8 Å². The van der Waals surface area contributed by atoms with Gasteiger partial charge in [0.1, 0.15) is 11.5 Å². The number of hydrogen-bond acceptors (Lipinski definition) is 5. The van der Waals surface area contributed by atoms with Crippen molar-refractivity contribution in [3.63, 3.8) is 0 Å². The van der Waals surface area contributed by atoms with E-state index in [1.54, 1.807) is 24.5 Å². The lowest BCUT2D eigenvalue weighted by molar-refractivity contribution is 0.0935. The van der Waals surface area contributed by atoms with E-state index in [1.807, 2.05) is 6.92 Å². The molecular weight excluding hydrogens is 268 g/mol. The van der Waals surface area contributed by atoms with E-state index in [0.717, 1.165) is 5.56 Å². The van der Waals surface area contributed by atoms with Gasteiger partial charge in [-0.3, -0.25) is 9.89 Å². The monoisotopic (exact) mass is 280 g/mol. The number of carbonyl (C=O) groups is 1. The fourth-order valence-electron chi connectivity index (χ4n) is 1.53. The largest absolute Gasteiger partial charge is 0.344 e. The first kappa shape index (κ1) is 13.3. The normalized spacial score (nSPS) is 11.9. The molecular formula is C11H13ClN6O. The van der Waals surface area contributed by atoms with Gasteiger partial charge in [-0.15, -0.1) is 0 Å². The van der Waals surface area contributed by atoms with Gasteiger partial charge in [-0.25, -0.2) is 10.8 Å². The summed E-state index contributed by atoms with van der Waals surface area (Å²) in [6.07, 6.45) is 3.34. The van der Waals surface area contributed by atoms with Gasteiger partial charge in [-0.2, -0.15) is 5.10 Å². The van der Waals surface area contributed by atoms with Gasteiger partial charge in [0.15, 0.2) is 0 Å². The molecule has 1 amide bonds. The van der Waals surface area contributed by atoms with Crippen LogP contribution >= 0.6 is 11.6 Å². The quantitative estimate of drug-likeness (QED) is 0.498. The van der Waals surface area contributed by atoms with Crippen LogP contribution in [0.5, 0.6) is 0 Å². The van der Waals surface area contributed by atoms with E-state index >= 15 is 0 Å². The second-order valence-electron chi connectivity index (χ2n) is 3.90. The molecule has 1 unspecified atom stereocenters. The summed E-state index contributed by atoms with van der Waals surface area (Å²) < 4.78 is 0. The van der Waals surface area contributed by atoms with E-state index in [9.17, 15) is 4.79 Å². The van der Waals surface area contributed by atoms with Crippen LogP contribution in [0.1, 0.15) is 29.0 Å². The number of aromatic amines is 1. The van der Waals surface area contributed by atoms with E-state index in [0.29, 0.717) is 5.82 Å². The van der Waals surface area contributed by atoms with Gasteiger partial charge in [0.25, 0.3) is 5.91 Å². The number of hydrazine groups is 1. The highest BCUT2D eigenvalue weighted by Crippen LogP contribution is 2.18. The zero-order valence-electron chi connectivity index (χ0n) is 10.1. The summed E-state index contributed by atoms with van der Waals surface area (Å²) in [4.78, 5) is 16.1. The van der Waals surface area contributed by atoms with E-state index in [4.69, 9.17) is 17.4 Å². The first-order chi connectivity index (χ1) is 9.11. The van der Waals surface area contributed by atoms with Crippen LogP contribution in [0.4, 0.5) is 5.82 Å². The number of nitrogens with zero attached hydrogens (tertiary/aromatic N) is 2. The van der Waals surface area contributed by atoms with Crippen LogP contribution in [0.25, 0.3) is 0 Å². The van der Waals surface area contributed by atoms with E-state index in [-0.39, 0.29) is 22.7 Å². The van der Waals surface area contributed by atoms with Crippen LogP contribution < -0.4 is 16.6 Å². The summed E-state index contributed by atoms with van der Waals surface area (Å²) in [5.41, 5.74) is 3.34. The lowest BCUT2D eigenvalue weighted by Gasteiger charge is -2.12. The highest BCUT2D eigenvalue weighted by Gasteiger charge is 2.16. The molecule has 19 heavy (non-hydrogen) atoms. The average Bonchev–Trinajstić information content (AvgIpc) is 2.93. The van der Waals surface area contributed by atoms with Crippen molar-refractivity contribution in [3.8, 4) is 0 Å². The third kappa shape index (κ3) is 3.01. The smallest absolute Gasteiger partial charge is 0.271 e. The molecule has 1 atom stereocenters. The predicted molar refractivity (Wildman–Crippen MR) is 71.5 cm³/mol. The van der Waals surface area contributed by atoms with Crippen molar-refractivity contribution in [2.45, 2.75) is 13.0 Å². The Bertz CT molecular complexity index is 571. The topological polar surface area (TPSA) is 109 Å². The number of nitrogens with two attached hydrogens (primary N) is 1. The Labute approximate surface area is 114 Å². The first-order valence-electron chi connectivity index (χ1n) is 5.54. The van der Waals surface area contributed by atoms with Gasteiger partial charge in [0.2, 0.25) is 0 Å². The van der Waals surface area contributed by atoms with E-state index in [2.05, 4.69) is 25.9 Å². The number of H-pyrrole nitrogens is 1. The Morgan fingerprint density at radius 2 is 2.32 bits per heavy atom.